The number of aromatic nitrogens is 1. The van der Waals surface area contributed by atoms with Crippen LogP contribution in [0.4, 0.5) is 5.69 Å². The van der Waals surface area contributed by atoms with Gasteiger partial charge in [0, 0.05) is 44.1 Å². The third-order valence-corrected chi connectivity index (χ3v) is 4.92. The smallest absolute Gasteiger partial charge is 0.293 e. The molecule has 0 saturated carbocycles. The predicted octanol–water partition coefficient (Wildman–Crippen LogP) is 2.87. The molecule has 0 unspecified atom stereocenters. The fourth-order valence-electron chi connectivity index (χ4n) is 3.39. The molecule has 0 radical (unpaired) electrons. The van der Waals surface area contributed by atoms with E-state index in [2.05, 4.69) is 22.9 Å². The first-order valence-electron chi connectivity index (χ1n) is 8.87. The number of piperazine rings is 1. The molecule has 0 atom stereocenters. The lowest BCUT2D eigenvalue weighted by molar-refractivity contribution is -0.384. The van der Waals surface area contributed by atoms with Crippen LogP contribution in [0.5, 0.6) is 0 Å². The highest BCUT2D eigenvalue weighted by atomic mass is 16.6. The largest absolute Gasteiger partial charge is 0.315 e. The summed E-state index contributed by atoms with van der Waals surface area (Å²) in [6.07, 6.45) is 3.90. The number of aryl methyl sites for hydroxylation is 2. The molecule has 1 aliphatic heterocycles. The van der Waals surface area contributed by atoms with Crippen molar-refractivity contribution in [3.05, 3.63) is 57.9 Å². The van der Waals surface area contributed by atoms with Gasteiger partial charge in [-0.2, -0.15) is 0 Å². The maximum absolute atomic E-state index is 11.4. The van der Waals surface area contributed by atoms with Gasteiger partial charge in [-0.25, -0.2) is 0 Å². The zero-order valence-corrected chi connectivity index (χ0v) is 15.0. The second-order valence-corrected chi connectivity index (χ2v) is 6.87. The standard InChI is InChI=1S/C19H26N4O2/c1-16-7-8-18(19(15-16)23(24)25)22-10-4-6-17(22)5-3-9-21-13-11-20(2)12-14-21/h4,6-8,10,15H,3,5,9,11-14H2,1-2H3. The molecule has 1 aliphatic rings. The van der Waals surface area contributed by atoms with E-state index in [1.165, 1.54) is 0 Å². The number of nitrogens with zero attached hydrogens (tertiary/aromatic N) is 4. The number of nitro benzene ring substituents is 1. The van der Waals surface area contributed by atoms with Crippen molar-refractivity contribution in [2.75, 3.05) is 39.8 Å². The minimum atomic E-state index is -0.295. The Labute approximate surface area is 148 Å². The first-order chi connectivity index (χ1) is 12.0. The summed E-state index contributed by atoms with van der Waals surface area (Å²) in [6, 6.07) is 9.44. The Morgan fingerprint density at radius 3 is 2.64 bits per heavy atom. The van der Waals surface area contributed by atoms with E-state index in [0.717, 1.165) is 56.8 Å². The van der Waals surface area contributed by atoms with Gasteiger partial charge in [0.05, 0.1) is 4.92 Å². The maximum atomic E-state index is 11.4. The lowest BCUT2D eigenvalue weighted by Crippen LogP contribution is -2.44. The van der Waals surface area contributed by atoms with E-state index in [0.29, 0.717) is 5.69 Å². The monoisotopic (exact) mass is 342 g/mol. The molecule has 0 N–H and O–H groups in total. The Balaban J connectivity index is 1.68. The molecule has 2 heterocycles. The second kappa shape index (κ2) is 7.80. The van der Waals surface area contributed by atoms with E-state index in [9.17, 15) is 10.1 Å². The predicted molar refractivity (Wildman–Crippen MR) is 99.4 cm³/mol. The lowest BCUT2D eigenvalue weighted by Gasteiger charge is -2.32. The molecule has 25 heavy (non-hydrogen) atoms. The van der Waals surface area contributed by atoms with E-state index in [1.54, 1.807) is 6.07 Å². The van der Waals surface area contributed by atoms with Crippen molar-refractivity contribution >= 4 is 5.69 Å². The van der Waals surface area contributed by atoms with Gasteiger partial charge < -0.3 is 14.4 Å². The molecule has 2 aromatic rings. The number of hydrogen-bond donors (Lipinski definition) is 0. The molecule has 3 rings (SSSR count). The van der Waals surface area contributed by atoms with Crippen molar-refractivity contribution < 1.29 is 4.92 Å². The summed E-state index contributed by atoms with van der Waals surface area (Å²) >= 11 is 0. The molecule has 1 saturated heterocycles. The lowest BCUT2D eigenvalue weighted by atomic mass is 10.1. The van der Waals surface area contributed by atoms with Crippen molar-refractivity contribution in [3.8, 4) is 5.69 Å². The highest BCUT2D eigenvalue weighted by Gasteiger charge is 2.17. The van der Waals surface area contributed by atoms with E-state index in [-0.39, 0.29) is 10.6 Å². The highest BCUT2D eigenvalue weighted by molar-refractivity contribution is 5.55. The molecular weight excluding hydrogens is 316 g/mol. The molecule has 0 aliphatic carbocycles. The van der Waals surface area contributed by atoms with Gasteiger partial charge in [-0.15, -0.1) is 0 Å². The molecule has 0 bridgehead atoms. The first kappa shape index (κ1) is 17.6. The molecule has 1 fully saturated rings. The number of hydrogen-bond acceptors (Lipinski definition) is 4. The van der Waals surface area contributed by atoms with Crippen LogP contribution < -0.4 is 0 Å². The SMILES string of the molecule is Cc1ccc(-n2cccc2CCCN2CCN(C)CC2)c([N+](=O)[O-])c1. The van der Waals surface area contributed by atoms with Gasteiger partial charge in [0.25, 0.3) is 5.69 Å². The molecule has 6 nitrogen and oxygen atoms in total. The van der Waals surface area contributed by atoms with Gasteiger partial charge in [-0.05, 0) is 57.1 Å². The number of rotatable bonds is 6. The van der Waals surface area contributed by atoms with Gasteiger partial charge >= 0.3 is 0 Å². The topological polar surface area (TPSA) is 54.5 Å². The van der Waals surface area contributed by atoms with E-state index in [4.69, 9.17) is 0 Å². The molecule has 6 heteroatoms. The van der Waals surface area contributed by atoms with Crippen molar-refractivity contribution in [3.63, 3.8) is 0 Å². The highest BCUT2D eigenvalue weighted by Crippen LogP contribution is 2.26. The minimum Gasteiger partial charge on any atom is -0.315 e. The molecule has 134 valence electrons. The molecule has 1 aromatic carbocycles. The van der Waals surface area contributed by atoms with Crippen LogP contribution in [0.2, 0.25) is 0 Å². The van der Waals surface area contributed by atoms with E-state index in [1.807, 2.05) is 35.9 Å². The fourth-order valence-corrected chi connectivity index (χ4v) is 3.39. The van der Waals surface area contributed by atoms with Crippen LogP contribution in [0.15, 0.2) is 36.5 Å². The van der Waals surface area contributed by atoms with Crippen LogP contribution in [0, 0.1) is 17.0 Å². The molecular formula is C19H26N4O2. The molecule has 1 aromatic heterocycles. The quantitative estimate of drug-likeness (QED) is 0.598. The fraction of sp³-hybridized carbons (Fsp3) is 0.474. The number of benzene rings is 1. The summed E-state index contributed by atoms with van der Waals surface area (Å²) < 4.78 is 1.96. The average molecular weight is 342 g/mol. The van der Waals surface area contributed by atoms with Crippen LogP contribution in [0.25, 0.3) is 5.69 Å². The third kappa shape index (κ3) is 4.27. The van der Waals surface area contributed by atoms with Crippen molar-refractivity contribution in [1.29, 1.82) is 0 Å². The first-order valence-corrected chi connectivity index (χ1v) is 8.87. The van der Waals surface area contributed by atoms with Crippen LogP contribution in [-0.4, -0.2) is 59.1 Å². The Kier molecular flexibility index (Phi) is 5.50. The second-order valence-electron chi connectivity index (χ2n) is 6.87. The van der Waals surface area contributed by atoms with Crippen molar-refractivity contribution in [2.45, 2.75) is 19.8 Å². The molecule has 0 spiro atoms. The zero-order valence-electron chi connectivity index (χ0n) is 15.0. The number of nitro groups is 1. The Morgan fingerprint density at radius 2 is 1.92 bits per heavy atom. The van der Waals surface area contributed by atoms with E-state index >= 15 is 0 Å². The van der Waals surface area contributed by atoms with Crippen LogP contribution in [0.3, 0.4) is 0 Å². The van der Waals surface area contributed by atoms with Crippen LogP contribution in [0.1, 0.15) is 17.7 Å². The van der Waals surface area contributed by atoms with E-state index < -0.39 is 0 Å². The Morgan fingerprint density at radius 1 is 1.16 bits per heavy atom. The average Bonchev–Trinajstić information content (AvgIpc) is 3.05. The van der Waals surface area contributed by atoms with Gasteiger partial charge in [0.15, 0.2) is 0 Å². The summed E-state index contributed by atoms with van der Waals surface area (Å²) in [7, 11) is 2.17. The van der Waals surface area contributed by atoms with Crippen molar-refractivity contribution in [1.82, 2.24) is 14.4 Å². The van der Waals surface area contributed by atoms with Gasteiger partial charge in [-0.3, -0.25) is 10.1 Å². The van der Waals surface area contributed by atoms with Gasteiger partial charge in [0.1, 0.15) is 5.69 Å². The summed E-state index contributed by atoms with van der Waals surface area (Å²) in [5.74, 6) is 0. The Hall–Kier alpha value is -2.18. The zero-order chi connectivity index (χ0) is 17.8. The summed E-state index contributed by atoms with van der Waals surface area (Å²) in [5.41, 5.74) is 2.84. The number of likely N-dealkylation sites (N-methyl/N-ethyl adjacent to an activating group) is 1. The van der Waals surface area contributed by atoms with Gasteiger partial charge in [-0.1, -0.05) is 6.07 Å². The molecule has 0 amide bonds. The minimum absolute atomic E-state index is 0.163. The normalized spacial score (nSPS) is 16.2. The van der Waals surface area contributed by atoms with Crippen LogP contribution >= 0.6 is 0 Å². The Bertz CT molecular complexity index is 733. The summed E-state index contributed by atoms with van der Waals surface area (Å²) in [4.78, 5) is 16.0. The summed E-state index contributed by atoms with van der Waals surface area (Å²) in [6.45, 7) is 7.47. The van der Waals surface area contributed by atoms with Crippen molar-refractivity contribution in [2.24, 2.45) is 0 Å². The van der Waals surface area contributed by atoms with Gasteiger partial charge in [0.2, 0.25) is 0 Å². The summed E-state index contributed by atoms with van der Waals surface area (Å²) in [5, 5.41) is 11.4. The maximum Gasteiger partial charge on any atom is 0.293 e. The van der Waals surface area contributed by atoms with Crippen LogP contribution in [-0.2, 0) is 6.42 Å². The third-order valence-electron chi connectivity index (χ3n) is 4.92.